The lowest BCUT2D eigenvalue weighted by atomic mass is 9.78. The summed E-state index contributed by atoms with van der Waals surface area (Å²) in [6, 6.07) is 2.68. The smallest absolute Gasteiger partial charge is 0.423 e. The summed E-state index contributed by atoms with van der Waals surface area (Å²) in [4.78, 5) is 20.9. The number of benzene rings is 1. The monoisotopic (exact) mass is 215 g/mol. The molecule has 16 heavy (non-hydrogen) atoms. The van der Waals surface area contributed by atoms with Crippen LogP contribution in [0.1, 0.15) is 0 Å². The Kier molecular flexibility index (Phi) is 2.44. The van der Waals surface area contributed by atoms with Crippen LogP contribution in [0.5, 0.6) is 0 Å². The summed E-state index contributed by atoms with van der Waals surface area (Å²) in [5.74, 6) is 0. The van der Waals surface area contributed by atoms with Crippen LogP contribution >= 0.6 is 0 Å². The maximum atomic E-state index is 11.5. The number of fused-ring (bicyclic) bond motifs is 1. The summed E-state index contributed by atoms with van der Waals surface area (Å²) >= 11 is 0. The number of H-pyrrole nitrogens is 1. The highest BCUT2D eigenvalue weighted by molar-refractivity contribution is 6.62. The molecule has 1 heterocycles. The fourth-order valence-electron chi connectivity index (χ4n) is 1.48. The zero-order valence-electron chi connectivity index (χ0n) is 8.01. The zero-order chi connectivity index (χ0) is 11.7. The van der Waals surface area contributed by atoms with E-state index >= 15 is 0 Å². The van der Waals surface area contributed by atoms with E-state index in [0.29, 0.717) is 0 Å². The molecule has 0 atom stereocenters. The second kappa shape index (κ2) is 3.77. The molecular weight excluding hydrogens is 209 g/mol. The Hall–Kier alpha value is -2.17. The lowest BCUT2D eigenvalue weighted by molar-refractivity contribution is 0.426. The lowest BCUT2D eigenvalue weighted by Crippen LogP contribution is -2.33. The highest BCUT2D eigenvalue weighted by atomic mass is 16.4. The number of aromatic amines is 1. The second-order valence-corrected chi connectivity index (χ2v) is 3.15. The molecule has 6 nitrogen and oxygen atoms in total. The number of hydrogen-bond acceptors (Lipinski definition) is 4. The van der Waals surface area contributed by atoms with Crippen LogP contribution in [0.15, 0.2) is 23.3 Å². The summed E-state index contributed by atoms with van der Waals surface area (Å²) in [6.45, 7) is 6.86. The quantitative estimate of drug-likeness (QED) is 0.427. The molecule has 0 amide bonds. The predicted octanol–water partition coefficient (Wildman–Crippen LogP) is -0.846. The fourth-order valence-corrected chi connectivity index (χ4v) is 1.48. The van der Waals surface area contributed by atoms with Gasteiger partial charge < -0.3 is 15.0 Å². The molecule has 0 bridgehead atoms. The first-order chi connectivity index (χ1) is 7.63. The van der Waals surface area contributed by atoms with E-state index in [2.05, 4.69) is 14.8 Å². The average molecular weight is 215 g/mol. The summed E-state index contributed by atoms with van der Waals surface area (Å²) in [6.07, 6.45) is 1.20. The van der Waals surface area contributed by atoms with Crippen molar-refractivity contribution in [2.24, 2.45) is 0 Å². The van der Waals surface area contributed by atoms with Gasteiger partial charge in [0.25, 0.3) is 5.56 Å². The Labute approximate surface area is 90.2 Å². The van der Waals surface area contributed by atoms with E-state index in [9.17, 15) is 4.79 Å². The first-order valence-electron chi connectivity index (χ1n) is 4.38. The van der Waals surface area contributed by atoms with Crippen molar-refractivity contribution >= 4 is 29.2 Å². The average Bonchev–Trinajstić information content (AvgIpc) is 2.27. The van der Waals surface area contributed by atoms with E-state index in [1.807, 2.05) is 0 Å². The Morgan fingerprint density at radius 1 is 1.44 bits per heavy atom. The van der Waals surface area contributed by atoms with Crippen molar-refractivity contribution in [3.05, 3.63) is 40.2 Å². The van der Waals surface area contributed by atoms with Gasteiger partial charge in [0.2, 0.25) is 0 Å². The van der Waals surface area contributed by atoms with E-state index < -0.39 is 12.7 Å². The molecule has 0 fully saturated rings. The Morgan fingerprint density at radius 3 is 2.81 bits per heavy atom. The van der Waals surface area contributed by atoms with Crippen LogP contribution in [0.3, 0.4) is 0 Å². The number of nitrogens with one attached hydrogen (secondary N) is 1. The molecule has 3 N–H and O–H groups in total. The second-order valence-electron chi connectivity index (χ2n) is 3.15. The largest absolute Gasteiger partial charge is 0.488 e. The van der Waals surface area contributed by atoms with Crippen LogP contribution in [0.4, 0.5) is 5.69 Å². The molecule has 78 valence electrons. The van der Waals surface area contributed by atoms with Gasteiger partial charge in [-0.15, -0.1) is 0 Å². The van der Waals surface area contributed by atoms with Gasteiger partial charge in [0, 0.05) is 0 Å². The third-order valence-corrected chi connectivity index (χ3v) is 2.17. The van der Waals surface area contributed by atoms with Crippen molar-refractivity contribution in [3.8, 4) is 0 Å². The molecule has 0 unspecified atom stereocenters. The summed E-state index contributed by atoms with van der Waals surface area (Å²) in [7, 11) is -1.81. The van der Waals surface area contributed by atoms with Gasteiger partial charge >= 0.3 is 7.12 Å². The highest BCUT2D eigenvalue weighted by Crippen LogP contribution is 2.15. The summed E-state index contributed by atoms with van der Waals surface area (Å²) in [5.41, 5.74) is -0.0171. The van der Waals surface area contributed by atoms with Crippen molar-refractivity contribution in [2.45, 2.75) is 0 Å². The first kappa shape index (κ1) is 10.4. The Balaban J connectivity index is 2.95. The zero-order valence-corrected chi connectivity index (χ0v) is 8.01. The van der Waals surface area contributed by atoms with E-state index in [1.54, 1.807) is 0 Å². The van der Waals surface area contributed by atoms with Crippen molar-refractivity contribution in [1.29, 1.82) is 0 Å². The standard InChI is InChI=1S/C9H6BN3O3/c1-11-5-2-6(10(15)16)8-7(3-5)12-4-13-9(8)14/h2-4,15-16H,(H,12,13,14). The van der Waals surface area contributed by atoms with Crippen molar-refractivity contribution < 1.29 is 10.0 Å². The maximum Gasteiger partial charge on any atom is 0.488 e. The van der Waals surface area contributed by atoms with Gasteiger partial charge in [0.05, 0.1) is 23.8 Å². The van der Waals surface area contributed by atoms with Gasteiger partial charge in [-0.25, -0.2) is 9.83 Å². The number of rotatable bonds is 1. The lowest BCUT2D eigenvalue weighted by Gasteiger charge is -2.04. The van der Waals surface area contributed by atoms with E-state index in [0.717, 1.165) is 0 Å². The molecule has 2 rings (SSSR count). The molecule has 0 aliphatic carbocycles. The minimum Gasteiger partial charge on any atom is -0.423 e. The Bertz CT molecular complexity index is 644. The topological polar surface area (TPSA) is 90.6 Å². The summed E-state index contributed by atoms with van der Waals surface area (Å²) < 4.78 is 0. The van der Waals surface area contributed by atoms with Gasteiger partial charge in [-0.05, 0) is 11.5 Å². The normalized spacial score (nSPS) is 10.1. The molecule has 7 heteroatoms. The third kappa shape index (κ3) is 1.56. The molecule has 0 aliphatic rings. The fraction of sp³-hybridized carbons (Fsp3) is 0. The highest BCUT2D eigenvalue weighted by Gasteiger charge is 2.18. The van der Waals surface area contributed by atoms with Crippen molar-refractivity contribution in [1.82, 2.24) is 9.97 Å². The van der Waals surface area contributed by atoms with Gasteiger partial charge in [-0.3, -0.25) is 4.79 Å². The van der Waals surface area contributed by atoms with E-state index in [-0.39, 0.29) is 22.1 Å². The van der Waals surface area contributed by atoms with Crippen LogP contribution in [0.25, 0.3) is 15.7 Å². The van der Waals surface area contributed by atoms with E-state index in [4.69, 9.17) is 16.6 Å². The van der Waals surface area contributed by atoms with Gasteiger partial charge in [0.1, 0.15) is 0 Å². The van der Waals surface area contributed by atoms with Gasteiger partial charge in [-0.1, -0.05) is 6.07 Å². The minimum atomic E-state index is -1.81. The van der Waals surface area contributed by atoms with Gasteiger partial charge in [-0.2, -0.15) is 0 Å². The van der Waals surface area contributed by atoms with Gasteiger partial charge in [0.15, 0.2) is 5.69 Å². The van der Waals surface area contributed by atoms with Crippen LogP contribution in [0, 0.1) is 6.57 Å². The van der Waals surface area contributed by atoms with Crippen LogP contribution in [-0.4, -0.2) is 27.1 Å². The Morgan fingerprint density at radius 2 is 2.19 bits per heavy atom. The molecule has 0 spiro atoms. The summed E-state index contributed by atoms with van der Waals surface area (Å²) in [5, 5.41) is 18.4. The van der Waals surface area contributed by atoms with Crippen LogP contribution in [-0.2, 0) is 0 Å². The maximum absolute atomic E-state index is 11.5. The van der Waals surface area contributed by atoms with Crippen molar-refractivity contribution in [2.75, 3.05) is 0 Å². The minimum absolute atomic E-state index is 0.0159. The number of nitrogens with zero attached hydrogens (tertiary/aromatic N) is 2. The molecule has 0 saturated heterocycles. The molecule has 1 aromatic heterocycles. The predicted molar refractivity (Wildman–Crippen MR) is 58.5 cm³/mol. The number of aromatic nitrogens is 2. The SMILES string of the molecule is [C-]#[N+]c1cc(B(O)O)c2c(=O)[nH]cnc2c1. The first-order valence-corrected chi connectivity index (χ1v) is 4.38. The number of hydrogen-bond donors (Lipinski definition) is 3. The molecule has 1 aromatic carbocycles. The van der Waals surface area contributed by atoms with Crippen LogP contribution in [0.2, 0.25) is 0 Å². The molecule has 0 radical (unpaired) electrons. The third-order valence-electron chi connectivity index (χ3n) is 2.17. The van der Waals surface area contributed by atoms with Crippen molar-refractivity contribution in [3.63, 3.8) is 0 Å². The van der Waals surface area contributed by atoms with Crippen LogP contribution < -0.4 is 11.0 Å². The molecule has 0 aliphatic heterocycles. The van der Waals surface area contributed by atoms with E-state index in [1.165, 1.54) is 18.5 Å². The molecule has 0 saturated carbocycles. The molecular formula is C9H6BN3O3. The molecule has 2 aromatic rings.